The van der Waals surface area contributed by atoms with Crippen LogP contribution in [0.3, 0.4) is 0 Å². The van der Waals surface area contributed by atoms with Gasteiger partial charge < -0.3 is 13.9 Å². The van der Waals surface area contributed by atoms with Crippen LogP contribution in [0.4, 0.5) is 0 Å². The van der Waals surface area contributed by atoms with Crippen molar-refractivity contribution in [3.05, 3.63) is 80.5 Å². The second-order valence-electron chi connectivity index (χ2n) is 7.36. The number of halogens is 1. The van der Waals surface area contributed by atoms with Crippen LogP contribution < -0.4 is 4.74 Å². The number of aromatic nitrogens is 4. The Labute approximate surface area is 200 Å². The lowest BCUT2D eigenvalue weighted by Crippen LogP contribution is -2.08. The molecule has 166 valence electrons. The van der Waals surface area contributed by atoms with Crippen molar-refractivity contribution in [1.82, 2.24) is 19.3 Å². The SMILES string of the molecule is Cc1cc(C(=O)CSc2nnc(COc3ccc(Cl)cc3)n2C)c(C)n1Cc1cccs1. The van der Waals surface area contributed by atoms with Gasteiger partial charge >= 0.3 is 0 Å². The topological polar surface area (TPSA) is 61.9 Å². The first-order chi connectivity index (χ1) is 15.4. The van der Waals surface area contributed by atoms with Gasteiger partial charge in [-0.1, -0.05) is 29.4 Å². The number of thioether (sulfide) groups is 1. The molecular weight excluding hydrogens is 464 g/mol. The van der Waals surface area contributed by atoms with E-state index in [-0.39, 0.29) is 12.4 Å². The highest BCUT2D eigenvalue weighted by atomic mass is 35.5. The van der Waals surface area contributed by atoms with Crippen LogP contribution in [0.25, 0.3) is 0 Å². The molecule has 9 heteroatoms. The van der Waals surface area contributed by atoms with E-state index < -0.39 is 0 Å². The van der Waals surface area contributed by atoms with Gasteiger partial charge in [-0.2, -0.15) is 0 Å². The number of rotatable bonds is 9. The van der Waals surface area contributed by atoms with Gasteiger partial charge in [0.2, 0.25) is 0 Å². The highest BCUT2D eigenvalue weighted by molar-refractivity contribution is 7.99. The molecule has 0 fully saturated rings. The Balaban J connectivity index is 1.37. The number of carbonyl (C=O) groups is 1. The summed E-state index contributed by atoms with van der Waals surface area (Å²) in [5.41, 5.74) is 2.85. The van der Waals surface area contributed by atoms with Crippen LogP contribution in [0, 0.1) is 13.8 Å². The molecule has 0 aliphatic heterocycles. The minimum Gasteiger partial charge on any atom is -0.486 e. The molecule has 0 atom stereocenters. The van der Waals surface area contributed by atoms with E-state index in [0.29, 0.717) is 27.5 Å². The van der Waals surface area contributed by atoms with Gasteiger partial charge in [0.25, 0.3) is 0 Å². The van der Waals surface area contributed by atoms with E-state index in [9.17, 15) is 4.79 Å². The molecule has 0 saturated heterocycles. The first-order valence-electron chi connectivity index (χ1n) is 10.0. The maximum Gasteiger partial charge on any atom is 0.191 e. The summed E-state index contributed by atoms with van der Waals surface area (Å²) in [6.07, 6.45) is 0. The number of aryl methyl sites for hydroxylation is 1. The second kappa shape index (κ2) is 9.94. The molecule has 3 heterocycles. The van der Waals surface area contributed by atoms with E-state index in [4.69, 9.17) is 16.3 Å². The molecule has 1 aromatic carbocycles. The van der Waals surface area contributed by atoms with Crippen molar-refractivity contribution < 1.29 is 9.53 Å². The van der Waals surface area contributed by atoms with Crippen LogP contribution in [0.2, 0.25) is 5.02 Å². The van der Waals surface area contributed by atoms with Gasteiger partial charge in [0.05, 0.1) is 12.3 Å². The maximum atomic E-state index is 12.9. The Kier molecular flexibility index (Phi) is 7.03. The summed E-state index contributed by atoms with van der Waals surface area (Å²) >= 11 is 9.01. The first kappa shape index (κ1) is 22.6. The van der Waals surface area contributed by atoms with E-state index in [1.54, 1.807) is 23.5 Å². The molecule has 0 aliphatic rings. The van der Waals surface area contributed by atoms with E-state index in [1.807, 2.05) is 49.7 Å². The number of Topliss-reactive ketones (excluding diaryl/α,β-unsaturated/α-hetero) is 1. The summed E-state index contributed by atoms with van der Waals surface area (Å²) in [6, 6.07) is 13.3. The zero-order chi connectivity index (χ0) is 22.7. The third kappa shape index (κ3) is 5.09. The number of hydrogen-bond donors (Lipinski definition) is 0. The molecule has 4 aromatic rings. The van der Waals surface area contributed by atoms with E-state index >= 15 is 0 Å². The minimum absolute atomic E-state index is 0.0856. The fourth-order valence-electron chi connectivity index (χ4n) is 3.37. The van der Waals surface area contributed by atoms with Crippen LogP contribution in [-0.2, 0) is 20.2 Å². The third-order valence-electron chi connectivity index (χ3n) is 5.21. The molecular formula is C23H23ClN4O2S2. The largest absolute Gasteiger partial charge is 0.486 e. The predicted molar refractivity (Wildman–Crippen MR) is 129 cm³/mol. The molecule has 0 spiro atoms. The lowest BCUT2D eigenvalue weighted by molar-refractivity contribution is 0.102. The number of carbonyl (C=O) groups excluding carboxylic acids is 1. The van der Waals surface area contributed by atoms with Crippen molar-refractivity contribution in [3.8, 4) is 5.75 Å². The van der Waals surface area contributed by atoms with Crippen LogP contribution >= 0.6 is 34.7 Å². The summed E-state index contributed by atoms with van der Waals surface area (Å²) in [7, 11) is 1.88. The smallest absolute Gasteiger partial charge is 0.191 e. The number of nitrogens with zero attached hydrogens (tertiary/aromatic N) is 4. The molecule has 3 aromatic heterocycles. The summed E-state index contributed by atoms with van der Waals surface area (Å²) in [5.74, 6) is 1.78. The number of ether oxygens (including phenoxy) is 1. The Hall–Kier alpha value is -2.55. The van der Waals surface area contributed by atoms with Gasteiger partial charge in [0.1, 0.15) is 12.4 Å². The van der Waals surface area contributed by atoms with Gasteiger partial charge in [-0.15, -0.1) is 21.5 Å². The molecule has 0 aliphatic carbocycles. The fraction of sp³-hybridized carbons (Fsp3) is 0.261. The van der Waals surface area contributed by atoms with Gasteiger partial charge in [-0.3, -0.25) is 4.79 Å². The third-order valence-corrected chi connectivity index (χ3v) is 7.34. The quantitative estimate of drug-likeness (QED) is 0.229. The van der Waals surface area contributed by atoms with E-state index in [0.717, 1.165) is 23.5 Å². The van der Waals surface area contributed by atoms with Crippen LogP contribution in [0.15, 0.2) is 53.0 Å². The van der Waals surface area contributed by atoms with Gasteiger partial charge in [-0.05, 0) is 55.6 Å². The molecule has 0 radical (unpaired) electrons. The maximum absolute atomic E-state index is 12.9. The van der Waals surface area contributed by atoms with Gasteiger partial charge in [-0.25, -0.2) is 0 Å². The van der Waals surface area contributed by atoms with Crippen molar-refractivity contribution in [3.63, 3.8) is 0 Å². The fourth-order valence-corrected chi connectivity index (χ4v) is 5.00. The molecule has 0 N–H and O–H groups in total. The summed E-state index contributed by atoms with van der Waals surface area (Å²) in [4.78, 5) is 14.2. The van der Waals surface area contributed by atoms with Crippen molar-refractivity contribution in [2.45, 2.75) is 32.2 Å². The molecule has 0 unspecified atom stereocenters. The first-order valence-corrected chi connectivity index (χ1v) is 12.3. The zero-order valence-corrected chi connectivity index (χ0v) is 20.4. The number of thiophene rings is 1. The van der Waals surface area contributed by atoms with Crippen LogP contribution in [-0.4, -0.2) is 30.9 Å². The van der Waals surface area contributed by atoms with Crippen molar-refractivity contribution >= 4 is 40.5 Å². The lowest BCUT2D eigenvalue weighted by Gasteiger charge is -2.08. The zero-order valence-electron chi connectivity index (χ0n) is 18.0. The average Bonchev–Trinajstić information content (AvgIpc) is 3.49. The van der Waals surface area contributed by atoms with Crippen molar-refractivity contribution in [2.24, 2.45) is 7.05 Å². The second-order valence-corrected chi connectivity index (χ2v) is 9.77. The van der Waals surface area contributed by atoms with Gasteiger partial charge in [0, 0.05) is 33.9 Å². The Morgan fingerprint density at radius 2 is 1.97 bits per heavy atom. The Morgan fingerprint density at radius 1 is 1.19 bits per heavy atom. The summed E-state index contributed by atoms with van der Waals surface area (Å²) < 4.78 is 9.80. The van der Waals surface area contributed by atoms with Crippen LogP contribution in [0.5, 0.6) is 5.75 Å². The van der Waals surface area contributed by atoms with Gasteiger partial charge in [0.15, 0.2) is 16.8 Å². The number of ketones is 1. The monoisotopic (exact) mass is 486 g/mol. The molecule has 6 nitrogen and oxygen atoms in total. The average molecular weight is 487 g/mol. The van der Waals surface area contributed by atoms with E-state index in [1.165, 1.54) is 16.6 Å². The highest BCUT2D eigenvalue weighted by Gasteiger charge is 2.18. The molecule has 0 bridgehead atoms. The van der Waals surface area contributed by atoms with E-state index in [2.05, 4.69) is 26.2 Å². The lowest BCUT2D eigenvalue weighted by atomic mass is 10.2. The normalized spacial score (nSPS) is 11.1. The Bertz CT molecular complexity index is 1210. The molecule has 0 saturated carbocycles. The molecule has 32 heavy (non-hydrogen) atoms. The van der Waals surface area contributed by atoms with Crippen molar-refractivity contribution in [1.29, 1.82) is 0 Å². The number of benzene rings is 1. The molecule has 0 amide bonds. The van der Waals surface area contributed by atoms with Crippen LogP contribution in [0.1, 0.15) is 32.4 Å². The minimum atomic E-state index is 0.0856. The Morgan fingerprint density at radius 3 is 2.69 bits per heavy atom. The highest BCUT2D eigenvalue weighted by Crippen LogP contribution is 2.23. The standard InChI is InChI=1S/C23H23ClN4O2S2/c1-15-11-20(16(2)28(15)12-19-5-4-10-31-19)21(29)14-32-23-26-25-22(27(23)3)13-30-18-8-6-17(24)7-9-18/h4-11H,12-14H2,1-3H3. The number of hydrogen-bond acceptors (Lipinski definition) is 6. The summed E-state index contributed by atoms with van der Waals surface area (Å²) in [6.45, 7) is 5.12. The molecule has 4 rings (SSSR count). The summed E-state index contributed by atoms with van der Waals surface area (Å²) in [5, 5.41) is 11.8. The van der Waals surface area contributed by atoms with Crippen molar-refractivity contribution in [2.75, 3.05) is 5.75 Å². The predicted octanol–water partition coefficient (Wildman–Crippen LogP) is 5.55.